The van der Waals surface area contributed by atoms with E-state index in [4.69, 9.17) is 0 Å². The Bertz CT molecular complexity index is 236. The zero-order chi connectivity index (χ0) is 10.8. The zero-order valence-electron chi connectivity index (χ0n) is 10.1. The van der Waals surface area contributed by atoms with Gasteiger partial charge in [-0.25, -0.2) is 0 Å². The molecule has 0 nitrogen and oxygen atoms in total. The molecule has 1 aliphatic rings. The quantitative estimate of drug-likeness (QED) is 0.443. The Morgan fingerprint density at radius 1 is 1.13 bits per heavy atom. The van der Waals surface area contributed by atoms with Crippen molar-refractivity contribution in [2.45, 2.75) is 71.1 Å². The van der Waals surface area contributed by atoms with E-state index in [9.17, 15) is 0 Å². The van der Waals surface area contributed by atoms with Crippen LogP contribution < -0.4 is 0 Å². The lowest BCUT2D eigenvalue weighted by atomic mass is 10.00. The lowest BCUT2D eigenvalue weighted by molar-refractivity contribution is 0.641. The summed E-state index contributed by atoms with van der Waals surface area (Å²) >= 11 is 0. The Morgan fingerprint density at radius 2 is 2.00 bits per heavy atom. The van der Waals surface area contributed by atoms with Gasteiger partial charge in [0.05, 0.1) is 0 Å². The molecule has 15 heavy (non-hydrogen) atoms. The molecule has 1 aliphatic carbocycles. The van der Waals surface area contributed by atoms with E-state index >= 15 is 0 Å². The predicted molar refractivity (Wildman–Crippen MR) is 67.7 cm³/mol. The molecule has 0 atom stereocenters. The highest BCUT2D eigenvalue weighted by Gasteiger charge is 1.98. The van der Waals surface area contributed by atoms with Gasteiger partial charge in [0.25, 0.3) is 0 Å². The van der Waals surface area contributed by atoms with Crippen LogP contribution in [-0.2, 0) is 0 Å². The van der Waals surface area contributed by atoms with E-state index in [2.05, 4.69) is 24.8 Å². The van der Waals surface area contributed by atoms with Gasteiger partial charge >= 0.3 is 0 Å². The van der Waals surface area contributed by atoms with Crippen molar-refractivity contribution in [1.29, 1.82) is 0 Å². The van der Waals surface area contributed by atoms with E-state index in [1.54, 1.807) is 0 Å². The normalized spacial score (nSPS) is 15.4. The summed E-state index contributed by atoms with van der Waals surface area (Å²) in [5.41, 5.74) is 1.40. The second-order valence-corrected chi connectivity index (χ2v) is 4.44. The largest absolute Gasteiger partial charge is 0.0982 e. The monoisotopic (exact) mass is 204 g/mol. The molecule has 0 N–H and O–H groups in total. The molecule has 1 rings (SSSR count). The molecule has 0 aromatic heterocycles. The molecule has 0 amide bonds. The Balaban J connectivity index is 2.03. The van der Waals surface area contributed by atoms with Crippen LogP contribution in [-0.4, -0.2) is 0 Å². The Labute approximate surface area is 95.2 Å². The third-order valence-electron chi connectivity index (χ3n) is 2.95. The lowest BCUT2D eigenvalue weighted by Gasteiger charge is -2.05. The van der Waals surface area contributed by atoms with Crippen molar-refractivity contribution in [3.8, 4) is 11.8 Å². The first-order valence-electron chi connectivity index (χ1n) is 6.61. The average Bonchev–Trinajstić information content (AvgIpc) is 2.29. The van der Waals surface area contributed by atoms with E-state index in [-0.39, 0.29) is 0 Å². The van der Waals surface area contributed by atoms with Crippen LogP contribution in [0.3, 0.4) is 0 Å². The number of unbranched alkanes of at least 4 members (excludes halogenated alkanes) is 5. The van der Waals surface area contributed by atoms with Gasteiger partial charge in [0.1, 0.15) is 0 Å². The molecule has 0 radical (unpaired) electrons. The molecule has 84 valence electrons. The van der Waals surface area contributed by atoms with E-state index in [1.807, 2.05) is 0 Å². The third kappa shape index (κ3) is 6.39. The van der Waals surface area contributed by atoms with Crippen molar-refractivity contribution in [2.24, 2.45) is 0 Å². The van der Waals surface area contributed by atoms with Crippen molar-refractivity contribution < 1.29 is 0 Å². The summed E-state index contributed by atoms with van der Waals surface area (Å²) in [5, 5.41) is 0. The predicted octanol–water partition coefficient (Wildman–Crippen LogP) is 4.85. The van der Waals surface area contributed by atoms with Gasteiger partial charge in [-0.1, -0.05) is 50.5 Å². The minimum Gasteiger partial charge on any atom is -0.0982 e. The first-order valence-corrected chi connectivity index (χ1v) is 6.61. The molecule has 0 aromatic rings. The van der Waals surface area contributed by atoms with Crippen LogP contribution in [0.1, 0.15) is 71.1 Å². The number of rotatable bonds is 5. The van der Waals surface area contributed by atoms with Crippen LogP contribution in [0.4, 0.5) is 0 Å². The number of hydrogen-bond donors (Lipinski definition) is 0. The van der Waals surface area contributed by atoms with Gasteiger partial charge in [-0.3, -0.25) is 0 Å². The molecule has 0 heterocycles. The number of hydrogen-bond acceptors (Lipinski definition) is 0. The Morgan fingerprint density at radius 3 is 2.73 bits per heavy atom. The Kier molecular flexibility index (Phi) is 7.09. The van der Waals surface area contributed by atoms with Gasteiger partial charge in [0.15, 0.2) is 0 Å². The fraction of sp³-hybridized carbons (Fsp3) is 0.733. The molecule has 0 aliphatic heterocycles. The van der Waals surface area contributed by atoms with Crippen LogP contribution in [0.25, 0.3) is 0 Å². The second kappa shape index (κ2) is 8.60. The smallest absolute Gasteiger partial charge is 0.00923 e. The fourth-order valence-corrected chi connectivity index (χ4v) is 1.94. The van der Waals surface area contributed by atoms with Crippen molar-refractivity contribution >= 4 is 0 Å². The molecular weight excluding hydrogens is 180 g/mol. The van der Waals surface area contributed by atoms with Crippen molar-refractivity contribution in [3.63, 3.8) is 0 Å². The minimum absolute atomic E-state index is 1.10. The van der Waals surface area contributed by atoms with Crippen LogP contribution >= 0.6 is 0 Å². The molecule has 0 fully saturated rings. The summed E-state index contributed by atoms with van der Waals surface area (Å²) in [5.74, 6) is 6.64. The molecule has 0 saturated carbocycles. The van der Waals surface area contributed by atoms with Gasteiger partial charge in [-0.15, -0.1) is 0 Å². The van der Waals surface area contributed by atoms with Crippen LogP contribution in [0, 0.1) is 11.8 Å². The minimum atomic E-state index is 1.10. The number of allylic oxidation sites excluding steroid dienone is 2. The summed E-state index contributed by atoms with van der Waals surface area (Å²) in [6, 6.07) is 0. The van der Waals surface area contributed by atoms with E-state index in [0.717, 1.165) is 6.42 Å². The molecule has 0 aromatic carbocycles. The van der Waals surface area contributed by atoms with Gasteiger partial charge in [-0.2, -0.15) is 0 Å². The van der Waals surface area contributed by atoms with Gasteiger partial charge in [-0.05, 0) is 37.7 Å². The molecule has 0 saturated heterocycles. The summed E-state index contributed by atoms with van der Waals surface area (Å²) < 4.78 is 0. The molecular formula is C15H24. The summed E-state index contributed by atoms with van der Waals surface area (Å²) in [4.78, 5) is 0. The molecule has 0 heteroatoms. The average molecular weight is 204 g/mol. The zero-order valence-corrected chi connectivity index (χ0v) is 10.1. The van der Waals surface area contributed by atoms with Gasteiger partial charge in [0.2, 0.25) is 0 Å². The Hall–Kier alpha value is -0.700. The van der Waals surface area contributed by atoms with Crippen LogP contribution in [0.15, 0.2) is 11.6 Å². The van der Waals surface area contributed by atoms with E-state index in [1.165, 1.54) is 63.4 Å². The first-order chi connectivity index (χ1) is 7.43. The van der Waals surface area contributed by atoms with E-state index in [0.29, 0.717) is 0 Å². The molecule has 0 bridgehead atoms. The maximum Gasteiger partial charge on any atom is 0.00923 e. The van der Waals surface area contributed by atoms with Crippen molar-refractivity contribution in [1.82, 2.24) is 0 Å². The van der Waals surface area contributed by atoms with Gasteiger partial charge in [0, 0.05) is 6.42 Å². The summed E-state index contributed by atoms with van der Waals surface area (Å²) in [6.45, 7) is 2.26. The maximum atomic E-state index is 3.32. The van der Waals surface area contributed by atoms with Gasteiger partial charge < -0.3 is 0 Å². The van der Waals surface area contributed by atoms with Crippen molar-refractivity contribution in [3.05, 3.63) is 11.6 Å². The maximum absolute atomic E-state index is 3.32. The van der Waals surface area contributed by atoms with Crippen LogP contribution in [0.2, 0.25) is 0 Å². The lowest BCUT2D eigenvalue weighted by Crippen LogP contribution is -1.88. The van der Waals surface area contributed by atoms with Crippen molar-refractivity contribution in [2.75, 3.05) is 0 Å². The highest BCUT2D eigenvalue weighted by Crippen LogP contribution is 2.16. The SMILES string of the molecule is CCCCCCCC#CC1=CCCCC1. The fourth-order valence-electron chi connectivity index (χ4n) is 1.94. The summed E-state index contributed by atoms with van der Waals surface area (Å²) in [7, 11) is 0. The highest BCUT2D eigenvalue weighted by atomic mass is 14.0. The highest BCUT2D eigenvalue weighted by molar-refractivity contribution is 5.29. The third-order valence-corrected chi connectivity index (χ3v) is 2.95. The molecule has 0 spiro atoms. The summed E-state index contributed by atoms with van der Waals surface area (Å²) in [6.07, 6.45) is 15.4. The standard InChI is InChI=1S/C15H24/c1-2-3-4-5-6-7-9-12-15-13-10-8-11-14-15/h13H,2-8,10-11,14H2,1H3. The second-order valence-electron chi connectivity index (χ2n) is 4.44. The van der Waals surface area contributed by atoms with E-state index < -0.39 is 0 Å². The van der Waals surface area contributed by atoms with Crippen LogP contribution in [0.5, 0.6) is 0 Å². The first kappa shape index (κ1) is 12.4. The topological polar surface area (TPSA) is 0 Å². The molecule has 0 unspecified atom stereocenters.